The Morgan fingerprint density at radius 2 is 1.74 bits per heavy atom. The van der Waals surface area contributed by atoms with Crippen LogP contribution in [0.3, 0.4) is 0 Å². The van der Waals surface area contributed by atoms with Gasteiger partial charge in [-0.25, -0.2) is 0 Å². The fourth-order valence-corrected chi connectivity index (χ4v) is 2.90. The zero-order valence-corrected chi connectivity index (χ0v) is 16.6. The maximum Gasteiger partial charge on any atom is 0.242 e. The number of hydrogen-bond donors (Lipinski definition) is 0. The van der Waals surface area contributed by atoms with E-state index in [1.807, 2.05) is 56.3 Å². The number of unbranched alkanes of at least 4 members (excludes halogenated alkanes) is 1. The Morgan fingerprint density at radius 1 is 1.00 bits per heavy atom. The number of carbonyl (C=O) groups is 2. The van der Waals surface area contributed by atoms with Gasteiger partial charge in [-0.15, -0.1) is 0 Å². The Balaban J connectivity index is 2.12. The highest BCUT2D eigenvalue weighted by Gasteiger charge is 2.23. The van der Waals surface area contributed by atoms with Crippen LogP contribution in [-0.4, -0.2) is 34.2 Å². The van der Waals surface area contributed by atoms with Crippen molar-refractivity contribution in [2.75, 3.05) is 6.54 Å². The van der Waals surface area contributed by atoms with Gasteiger partial charge in [-0.05, 0) is 38.0 Å². The smallest absolute Gasteiger partial charge is 0.242 e. The van der Waals surface area contributed by atoms with Gasteiger partial charge >= 0.3 is 0 Å². The van der Waals surface area contributed by atoms with E-state index in [2.05, 4.69) is 6.92 Å². The van der Waals surface area contributed by atoms with Crippen LogP contribution in [0.2, 0.25) is 0 Å². The van der Waals surface area contributed by atoms with Gasteiger partial charge in [0.2, 0.25) is 11.8 Å². The number of nitrogens with zero attached hydrogens (tertiary/aromatic N) is 2. The lowest BCUT2D eigenvalue weighted by Gasteiger charge is -2.30. The van der Waals surface area contributed by atoms with Crippen molar-refractivity contribution in [2.45, 2.75) is 59.2 Å². The van der Waals surface area contributed by atoms with Crippen LogP contribution >= 0.6 is 0 Å². The van der Waals surface area contributed by atoms with Gasteiger partial charge in [0, 0.05) is 19.0 Å². The van der Waals surface area contributed by atoms with E-state index in [1.54, 1.807) is 16.1 Å². The predicted molar refractivity (Wildman–Crippen MR) is 106 cm³/mol. The van der Waals surface area contributed by atoms with Crippen LogP contribution in [0.1, 0.15) is 51.4 Å². The monoisotopic (exact) mass is 370 g/mol. The van der Waals surface area contributed by atoms with E-state index in [0.717, 1.165) is 24.2 Å². The van der Waals surface area contributed by atoms with E-state index in [1.165, 1.54) is 0 Å². The largest absolute Gasteiger partial charge is 0.467 e. The van der Waals surface area contributed by atoms with Gasteiger partial charge in [0.15, 0.2) is 0 Å². The SMILES string of the molecule is CCCCC(=O)N(CC(=O)N(Cc1ccccc1)Cc1ccco1)C(C)C. The van der Waals surface area contributed by atoms with Gasteiger partial charge in [0.05, 0.1) is 19.4 Å². The summed E-state index contributed by atoms with van der Waals surface area (Å²) in [5, 5.41) is 0. The van der Waals surface area contributed by atoms with E-state index in [0.29, 0.717) is 19.5 Å². The van der Waals surface area contributed by atoms with Gasteiger partial charge in [-0.1, -0.05) is 43.7 Å². The lowest BCUT2D eigenvalue weighted by Crippen LogP contribution is -2.45. The molecule has 0 radical (unpaired) electrons. The zero-order chi connectivity index (χ0) is 19.6. The Kier molecular flexibility index (Phi) is 8.11. The summed E-state index contributed by atoms with van der Waals surface area (Å²) < 4.78 is 5.43. The van der Waals surface area contributed by atoms with Gasteiger partial charge in [0.1, 0.15) is 5.76 Å². The molecule has 146 valence electrons. The summed E-state index contributed by atoms with van der Waals surface area (Å²) in [4.78, 5) is 29.0. The second-order valence-corrected chi connectivity index (χ2v) is 7.03. The topological polar surface area (TPSA) is 53.8 Å². The van der Waals surface area contributed by atoms with Crippen LogP contribution < -0.4 is 0 Å². The summed E-state index contributed by atoms with van der Waals surface area (Å²) in [6, 6.07) is 13.5. The van der Waals surface area contributed by atoms with Crippen LogP contribution in [0.25, 0.3) is 0 Å². The van der Waals surface area contributed by atoms with Crippen LogP contribution in [0.15, 0.2) is 53.1 Å². The van der Waals surface area contributed by atoms with Crippen LogP contribution in [0, 0.1) is 0 Å². The van der Waals surface area contributed by atoms with Crippen molar-refractivity contribution in [1.29, 1.82) is 0 Å². The minimum absolute atomic E-state index is 0.0134. The maximum absolute atomic E-state index is 13.1. The Morgan fingerprint density at radius 3 is 2.33 bits per heavy atom. The molecular formula is C22H30N2O3. The molecule has 2 aromatic rings. The molecule has 1 heterocycles. The molecule has 0 aliphatic carbocycles. The number of rotatable bonds is 10. The third kappa shape index (κ3) is 6.59. The molecule has 1 aromatic carbocycles. The van der Waals surface area contributed by atoms with E-state index < -0.39 is 0 Å². The van der Waals surface area contributed by atoms with Gasteiger partial charge < -0.3 is 14.2 Å². The molecule has 5 nitrogen and oxygen atoms in total. The molecule has 0 N–H and O–H groups in total. The Labute approximate surface area is 162 Å². The van der Waals surface area contributed by atoms with Gasteiger partial charge in [-0.2, -0.15) is 0 Å². The third-order valence-corrected chi connectivity index (χ3v) is 4.49. The normalized spacial score (nSPS) is 10.8. The molecular weight excluding hydrogens is 340 g/mol. The highest BCUT2D eigenvalue weighted by atomic mass is 16.3. The Hall–Kier alpha value is -2.56. The van der Waals surface area contributed by atoms with Crippen LogP contribution in [0.4, 0.5) is 0 Å². The quantitative estimate of drug-likeness (QED) is 0.629. The molecule has 0 bridgehead atoms. The lowest BCUT2D eigenvalue weighted by molar-refractivity contribution is -0.142. The molecule has 0 spiro atoms. The summed E-state index contributed by atoms with van der Waals surface area (Å²) in [7, 11) is 0. The van der Waals surface area contributed by atoms with Crippen molar-refractivity contribution >= 4 is 11.8 Å². The molecule has 2 rings (SSSR count). The second-order valence-electron chi connectivity index (χ2n) is 7.03. The lowest BCUT2D eigenvalue weighted by atomic mass is 10.2. The molecule has 0 fully saturated rings. The highest BCUT2D eigenvalue weighted by Crippen LogP contribution is 2.13. The van der Waals surface area contributed by atoms with Crippen LogP contribution in [0.5, 0.6) is 0 Å². The minimum atomic E-state index is -0.0752. The Bertz CT molecular complexity index is 696. The number of amides is 2. The van der Waals surface area contributed by atoms with Crippen molar-refractivity contribution < 1.29 is 14.0 Å². The molecule has 1 aromatic heterocycles. The first-order valence-corrected chi connectivity index (χ1v) is 9.64. The molecule has 27 heavy (non-hydrogen) atoms. The first-order chi connectivity index (χ1) is 13.0. The summed E-state index contributed by atoms with van der Waals surface area (Å²) in [5.74, 6) is 0.694. The molecule has 0 saturated heterocycles. The highest BCUT2D eigenvalue weighted by molar-refractivity contribution is 5.85. The van der Waals surface area contributed by atoms with E-state index in [9.17, 15) is 9.59 Å². The van der Waals surface area contributed by atoms with E-state index >= 15 is 0 Å². The molecule has 0 atom stereocenters. The molecule has 2 amide bonds. The van der Waals surface area contributed by atoms with Crippen molar-refractivity contribution in [1.82, 2.24) is 9.80 Å². The maximum atomic E-state index is 13.1. The van der Waals surface area contributed by atoms with Crippen molar-refractivity contribution in [3.63, 3.8) is 0 Å². The summed E-state index contributed by atoms with van der Waals surface area (Å²) >= 11 is 0. The zero-order valence-electron chi connectivity index (χ0n) is 16.6. The standard InChI is InChI=1S/C22H30N2O3/c1-4-5-13-21(25)24(18(2)3)17-22(26)23(16-20-12-9-14-27-20)15-19-10-7-6-8-11-19/h6-12,14,18H,4-5,13,15-17H2,1-3H3. The number of hydrogen-bond acceptors (Lipinski definition) is 3. The summed E-state index contributed by atoms with van der Waals surface area (Å²) in [6.07, 6.45) is 3.90. The molecule has 5 heteroatoms. The van der Waals surface area contributed by atoms with E-state index in [4.69, 9.17) is 4.42 Å². The summed E-state index contributed by atoms with van der Waals surface area (Å²) in [5.41, 5.74) is 1.05. The number of carbonyl (C=O) groups excluding carboxylic acids is 2. The second kappa shape index (κ2) is 10.6. The van der Waals surface area contributed by atoms with Crippen molar-refractivity contribution in [3.05, 3.63) is 60.1 Å². The minimum Gasteiger partial charge on any atom is -0.467 e. The summed E-state index contributed by atoms with van der Waals surface area (Å²) in [6.45, 7) is 6.92. The number of furan rings is 1. The first kappa shape index (κ1) is 20.7. The fourth-order valence-electron chi connectivity index (χ4n) is 2.90. The predicted octanol–water partition coefficient (Wildman–Crippen LogP) is 4.24. The molecule has 0 aliphatic rings. The van der Waals surface area contributed by atoms with Crippen LogP contribution in [-0.2, 0) is 22.7 Å². The molecule has 0 aliphatic heterocycles. The van der Waals surface area contributed by atoms with Gasteiger partial charge in [0.25, 0.3) is 0 Å². The molecule has 0 unspecified atom stereocenters. The molecule has 0 saturated carbocycles. The fraction of sp³-hybridized carbons (Fsp3) is 0.455. The first-order valence-electron chi connectivity index (χ1n) is 9.64. The number of benzene rings is 1. The average Bonchev–Trinajstić information content (AvgIpc) is 3.17. The average molecular weight is 370 g/mol. The van der Waals surface area contributed by atoms with E-state index in [-0.39, 0.29) is 24.4 Å². The van der Waals surface area contributed by atoms with Crippen molar-refractivity contribution in [2.24, 2.45) is 0 Å². The van der Waals surface area contributed by atoms with Gasteiger partial charge in [-0.3, -0.25) is 9.59 Å². The third-order valence-electron chi connectivity index (χ3n) is 4.49. The van der Waals surface area contributed by atoms with Crippen molar-refractivity contribution in [3.8, 4) is 0 Å².